The predicted molar refractivity (Wildman–Crippen MR) is 29.5 cm³/mol. The van der Waals surface area contributed by atoms with Crippen LogP contribution in [0.2, 0.25) is 0 Å². The minimum Gasteiger partial charge on any atom is -0.360 e. The first-order chi connectivity index (χ1) is 3.97. The van der Waals surface area contributed by atoms with Gasteiger partial charge in [-0.2, -0.15) is 0 Å². The maximum Gasteiger partial charge on any atom is 0.0973 e. The molecule has 2 aliphatic rings. The lowest BCUT2D eigenvalue weighted by molar-refractivity contribution is 0.118. The monoisotopic (exact) mass is 114 g/mol. The van der Waals surface area contributed by atoms with Gasteiger partial charge in [0.05, 0.1) is 12.8 Å². The van der Waals surface area contributed by atoms with E-state index in [0.717, 1.165) is 19.8 Å². The fraction of sp³-hybridized carbons (Fsp3) is 1.00. The number of ether oxygens (including phenoxy) is 1. The van der Waals surface area contributed by atoms with E-state index in [1.54, 1.807) is 0 Å². The van der Waals surface area contributed by atoms with Gasteiger partial charge in [-0.1, -0.05) is 0 Å². The molecule has 2 rings (SSSR count). The van der Waals surface area contributed by atoms with Crippen LogP contribution in [0.3, 0.4) is 0 Å². The number of hydrogen-bond acceptors (Lipinski definition) is 3. The molecule has 3 nitrogen and oxygen atoms in total. The third-order valence-electron chi connectivity index (χ3n) is 1.80. The van der Waals surface area contributed by atoms with Crippen molar-refractivity contribution in [1.29, 1.82) is 0 Å². The first-order valence-corrected chi connectivity index (χ1v) is 3.02. The third-order valence-corrected chi connectivity index (χ3v) is 1.80. The minimum atomic E-state index is 0.454. The Balaban J connectivity index is 2.04. The van der Waals surface area contributed by atoms with E-state index in [-0.39, 0.29) is 0 Å². The fourth-order valence-electron chi connectivity index (χ4n) is 1.30. The average Bonchev–Trinajstić information content (AvgIpc) is 2.15. The Bertz CT molecular complexity index is 76.4. The molecule has 0 aromatic carbocycles. The molecule has 2 unspecified atom stereocenters. The second-order valence-corrected chi connectivity index (χ2v) is 2.32. The van der Waals surface area contributed by atoms with Crippen molar-refractivity contribution in [2.75, 3.05) is 19.8 Å². The number of hydrogen-bond donors (Lipinski definition) is 2. The number of fused-ring (bicyclic) bond motifs is 1. The van der Waals surface area contributed by atoms with E-state index in [1.165, 1.54) is 0 Å². The van der Waals surface area contributed by atoms with Crippen molar-refractivity contribution in [2.45, 2.75) is 12.1 Å². The Morgan fingerprint density at radius 1 is 1.38 bits per heavy atom. The van der Waals surface area contributed by atoms with Crippen molar-refractivity contribution >= 4 is 0 Å². The van der Waals surface area contributed by atoms with Gasteiger partial charge < -0.3 is 10.1 Å². The lowest BCUT2D eigenvalue weighted by Crippen LogP contribution is -2.29. The predicted octanol–water partition coefficient (Wildman–Crippen LogP) is -1.10. The summed E-state index contributed by atoms with van der Waals surface area (Å²) in [6.07, 6.45) is 0.454. The van der Waals surface area contributed by atoms with Crippen molar-refractivity contribution in [3.8, 4) is 0 Å². The third kappa shape index (κ3) is 0.555. The van der Waals surface area contributed by atoms with Crippen molar-refractivity contribution in [2.24, 2.45) is 0 Å². The van der Waals surface area contributed by atoms with Crippen LogP contribution in [0.25, 0.3) is 0 Å². The van der Waals surface area contributed by atoms with E-state index in [1.807, 2.05) is 0 Å². The Kier molecular flexibility index (Phi) is 0.997. The molecule has 2 atom stereocenters. The van der Waals surface area contributed by atoms with E-state index in [4.69, 9.17) is 4.74 Å². The van der Waals surface area contributed by atoms with Gasteiger partial charge >= 0.3 is 0 Å². The normalized spacial score (nSPS) is 45.0. The van der Waals surface area contributed by atoms with Crippen molar-refractivity contribution in [3.63, 3.8) is 0 Å². The summed E-state index contributed by atoms with van der Waals surface area (Å²) in [6.45, 7) is 2.85. The van der Waals surface area contributed by atoms with Crippen LogP contribution in [0.5, 0.6) is 0 Å². The van der Waals surface area contributed by atoms with E-state index >= 15 is 0 Å². The fourth-order valence-corrected chi connectivity index (χ4v) is 1.30. The summed E-state index contributed by atoms with van der Waals surface area (Å²) in [6, 6.07) is 0.593. The van der Waals surface area contributed by atoms with Crippen molar-refractivity contribution in [1.82, 2.24) is 10.6 Å². The summed E-state index contributed by atoms with van der Waals surface area (Å²) in [5.74, 6) is 0. The van der Waals surface area contributed by atoms with Gasteiger partial charge in [0.25, 0.3) is 0 Å². The van der Waals surface area contributed by atoms with Crippen LogP contribution in [0.15, 0.2) is 0 Å². The van der Waals surface area contributed by atoms with Crippen molar-refractivity contribution < 1.29 is 4.74 Å². The van der Waals surface area contributed by atoms with E-state index < -0.39 is 0 Å². The van der Waals surface area contributed by atoms with Crippen molar-refractivity contribution in [3.05, 3.63) is 0 Å². The Hall–Kier alpha value is -0.120. The highest BCUT2D eigenvalue weighted by molar-refractivity contribution is 4.90. The molecular weight excluding hydrogens is 104 g/mol. The lowest BCUT2D eigenvalue weighted by Gasteiger charge is -2.01. The summed E-state index contributed by atoms with van der Waals surface area (Å²) in [4.78, 5) is 0. The van der Waals surface area contributed by atoms with Gasteiger partial charge in [-0.3, -0.25) is 5.32 Å². The standard InChI is InChI=1S/C5H10N2O/c1-4-5(2-6-1)8-3-7-4/h4-7H,1-3H2. The molecule has 0 aromatic heterocycles. The van der Waals surface area contributed by atoms with Gasteiger partial charge in [0.1, 0.15) is 0 Å². The first kappa shape index (κ1) is 4.73. The second kappa shape index (κ2) is 1.69. The SMILES string of the molecule is C1NC2CNCC2O1. The zero-order valence-corrected chi connectivity index (χ0v) is 4.68. The second-order valence-electron chi connectivity index (χ2n) is 2.32. The van der Waals surface area contributed by atoms with Crippen LogP contribution in [0.1, 0.15) is 0 Å². The topological polar surface area (TPSA) is 33.3 Å². The number of nitrogens with one attached hydrogen (secondary N) is 2. The Morgan fingerprint density at radius 3 is 3.25 bits per heavy atom. The molecule has 0 amide bonds. The quantitative estimate of drug-likeness (QED) is 0.419. The smallest absolute Gasteiger partial charge is 0.0973 e. The molecule has 8 heavy (non-hydrogen) atoms. The molecule has 0 spiro atoms. The molecular formula is C5H10N2O. The summed E-state index contributed by atoms with van der Waals surface area (Å²) in [5, 5.41) is 6.47. The summed E-state index contributed by atoms with van der Waals surface area (Å²) in [7, 11) is 0. The molecule has 46 valence electrons. The minimum absolute atomic E-state index is 0.454. The molecule has 3 heteroatoms. The zero-order chi connectivity index (χ0) is 5.40. The largest absolute Gasteiger partial charge is 0.360 e. The van der Waals surface area contributed by atoms with Gasteiger partial charge in [0.2, 0.25) is 0 Å². The molecule has 2 aliphatic heterocycles. The van der Waals surface area contributed by atoms with Crippen LogP contribution in [0.4, 0.5) is 0 Å². The highest BCUT2D eigenvalue weighted by Gasteiger charge is 2.31. The van der Waals surface area contributed by atoms with Gasteiger partial charge in [-0.05, 0) is 0 Å². The average molecular weight is 114 g/mol. The van der Waals surface area contributed by atoms with Gasteiger partial charge in [0.15, 0.2) is 0 Å². The summed E-state index contributed by atoms with van der Waals surface area (Å²) >= 11 is 0. The molecule has 0 radical (unpaired) electrons. The van der Waals surface area contributed by atoms with Gasteiger partial charge in [-0.15, -0.1) is 0 Å². The molecule has 0 aliphatic carbocycles. The lowest BCUT2D eigenvalue weighted by atomic mass is 10.2. The van der Waals surface area contributed by atoms with Crippen LogP contribution in [-0.2, 0) is 4.74 Å². The summed E-state index contributed by atoms with van der Waals surface area (Å²) in [5.41, 5.74) is 0. The zero-order valence-electron chi connectivity index (χ0n) is 4.68. The van der Waals surface area contributed by atoms with Crippen LogP contribution in [-0.4, -0.2) is 32.0 Å². The molecule has 0 aromatic rings. The Morgan fingerprint density at radius 2 is 2.38 bits per heavy atom. The molecule has 2 heterocycles. The highest BCUT2D eigenvalue weighted by atomic mass is 16.5. The van der Waals surface area contributed by atoms with Crippen LogP contribution < -0.4 is 10.6 Å². The maximum atomic E-state index is 5.30. The highest BCUT2D eigenvalue weighted by Crippen LogP contribution is 2.08. The Labute approximate surface area is 48.4 Å². The van der Waals surface area contributed by atoms with E-state index in [2.05, 4.69) is 10.6 Å². The van der Waals surface area contributed by atoms with Crippen LogP contribution in [0, 0.1) is 0 Å². The molecule has 2 saturated heterocycles. The molecule has 0 saturated carbocycles. The van der Waals surface area contributed by atoms with Gasteiger partial charge in [-0.25, -0.2) is 0 Å². The van der Waals surface area contributed by atoms with E-state index in [0.29, 0.717) is 12.1 Å². The maximum absolute atomic E-state index is 5.30. The molecule has 2 fully saturated rings. The first-order valence-electron chi connectivity index (χ1n) is 3.02. The molecule has 0 bridgehead atoms. The molecule has 2 N–H and O–H groups in total. The van der Waals surface area contributed by atoms with Gasteiger partial charge in [0, 0.05) is 19.1 Å². The number of rotatable bonds is 0. The van der Waals surface area contributed by atoms with Crippen LogP contribution >= 0.6 is 0 Å². The van der Waals surface area contributed by atoms with E-state index in [9.17, 15) is 0 Å². The summed E-state index contributed by atoms with van der Waals surface area (Å²) < 4.78 is 5.30.